The van der Waals surface area contributed by atoms with Crippen LogP contribution in [0.1, 0.15) is 54.2 Å². The minimum Gasteiger partial charge on any atom is -0.497 e. The van der Waals surface area contributed by atoms with Crippen LogP contribution in [0.25, 0.3) is 0 Å². The minimum atomic E-state index is 0. The third kappa shape index (κ3) is 8.31. The number of hydrogen-bond acceptors (Lipinski definition) is 6. The quantitative estimate of drug-likeness (QED) is 0.297. The van der Waals surface area contributed by atoms with Crippen molar-refractivity contribution in [1.82, 2.24) is 0 Å². The van der Waals surface area contributed by atoms with Crippen LogP contribution in [-0.4, -0.2) is 42.7 Å². The van der Waals surface area contributed by atoms with Crippen molar-refractivity contribution in [2.45, 2.75) is 47.2 Å². The van der Waals surface area contributed by atoms with Crippen LogP contribution in [0.5, 0.6) is 11.5 Å². The van der Waals surface area contributed by atoms with E-state index in [9.17, 15) is 0 Å². The van der Waals surface area contributed by atoms with Gasteiger partial charge in [-0.05, 0) is 22.3 Å². The van der Waals surface area contributed by atoms with Crippen molar-refractivity contribution in [3.05, 3.63) is 63.6 Å². The van der Waals surface area contributed by atoms with Gasteiger partial charge in [0.15, 0.2) is 0 Å². The largest absolute Gasteiger partial charge is 0.497 e. The first-order valence-corrected chi connectivity index (χ1v) is 10.7. The van der Waals surface area contributed by atoms with Crippen molar-refractivity contribution in [3.63, 3.8) is 0 Å². The van der Waals surface area contributed by atoms with Crippen LogP contribution in [-0.2, 0) is 66.4 Å². The molecule has 186 valence electrons. The van der Waals surface area contributed by atoms with Crippen molar-refractivity contribution < 1.29 is 49.5 Å². The Bertz CT molecular complexity index is 703. The first kappa shape index (κ1) is 31.4. The van der Waals surface area contributed by atoms with E-state index in [2.05, 4.69) is 31.2 Å². The van der Waals surface area contributed by atoms with Crippen LogP contribution >= 0.6 is 0 Å². The van der Waals surface area contributed by atoms with E-state index in [1.54, 1.807) is 42.7 Å². The third-order valence-electron chi connectivity index (χ3n) is 4.96. The van der Waals surface area contributed by atoms with E-state index in [-0.39, 0.29) is 21.1 Å². The van der Waals surface area contributed by atoms with Gasteiger partial charge in [0.25, 0.3) is 0 Å². The number of methoxy groups -OCH3 is 6. The molecule has 0 bridgehead atoms. The maximum absolute atomic E-state index is 5.64. The molecule has 6 nitrogen and oxygen atoms in total. The van der Waals surface area contributed by atoms with Gasteiger partial charge in [0.2, 0.25) is 0 Å². The maximum atomic E-state index is 5.64. The van der Waals surface area contributed by atoms with E-state index >= 15 is 0 Å². The second kappa shape index (κ2) is 17.0. The molecular weight excluding hydrogens is 592 g/mol. The predicted octanol–water partition coefficient (Wildman–Crippen LogP) is 5.30. The molecule has 0 unspecified atom stereocenters. The second-order valence-electron chi connectivity index (χ2n) is 7.01. The summed E-state index contributed by atoms with van der Waals surface area (Å²) in [4.78, 5) is 0. The molecule has 2 aromatic rings. The van der Waals surface area contributed by atoms with Gasteiger partial charge in [-0.2, -0.15) is 0 Å². The zero-order valence-electron chi connectivity index (χ0n) is 21.5. The Balaban J connectivity index is 0.00000332. The molecule has 0 N–H and O–H groups in total. The number of hydrogen-bond donors (Lipinski definition) is 0. The predicted molar refractivity (Wildman–Crippen MR) is 127 cm³/mol. The van der Waals surface area contributed by atoms with Crippen molar-refractivity contribution in [2.24, 2.45) is 0 Å². The van der Waals surface area contributed by atoms with E-state index in [4.69, 9.17) is 28.4 Å². The van der Waals surface area contributed by atoms with E-state index in [0.29, 0.717) is 26.4 Å². The Morgan fingerprint density at radius 1 is 0.545 bits per heavy atom. The zero-order chi connectivity index (χ0) is 24.1. The summed E-state index contributed by atoms with van der Waals surface area (Å²) in [7, 11) is 10.0. The van der Waals surface area contributed by atoms with Gasteiger partial charge in [0, 0.05) is 49.5 Å². The second-order valence-corrected chi connectivity index (χ2v) is 7.01. The van der Waals surface area contributed by atoms with Crippen LogP contribution in [0, 0.1) is 5.92 Å². The fourth-order valence-electron chi connectivity index (χ4n) is 3.68. The van der Waals surface area contributed by atoms with Crippen LogP contribution in [0.15, 0.2) is 24.3 Å². The van der Waals surface area contributed by atoms with E-state index in [1.807, 2.05) is 13.8 Å². The molecule has 0 saturated heterocycles. The molecule has 2 aromatic carbocycles. The topological polar surface area (TPSA) is 55.4 Å². The van der Waals surface area contributed by atoms with Gasteiger partial charge in [0.1, 0.15) is 11.5 Å². The average Bonchev–Trinajstić information content (AvgIpc) is 2.80. The van der Waals surface area contributed by atoms with Gasteiger partial charge in [-0.15, -0.1) is 41.3 Å². The molecule has 0 aliphatic rings. The minimum absolute atomic E-state index is 0. The van der Waals surface area contributed by atoms with Crippen LogP contribution < -0.4 is 9.47 Å². The molecule has 0 heterocycles. The summed E-state index contributed by atoms with van der Waals surface area (Å²) in [5, 5.41) is 0. The summed E-state index contributed by atoms with van der Waals surface area (Å²) in [6.07, 6.45) is 0. The molecule has 0 saturated carbocycles. The molecule has 0 aliphatic carbocycles. The Hall–Kier alpha value is -1.56. The fourth-order valence-corrected chi connectivity index (χ4v) is 3.68. The maximum Gasteiger partial charge on any atom is 0.115 e. The van der Waals surface area contributed by atoms with Crippen LogP contribution in [0.4, 0.5) is 0 Å². The first-order chi connectivity index (χ1) is 15.5. The third-order valence-corrected chi connectivity index (χ3v) is 4.96. The van der Waals surface area contributed by atoms with Gasteiger partial charge in [-0.1, -0.05) is 20.8 Å². The van der Waals surface area contributed by atoms with Gasteiger partial charge in [0.05, 0.1) is 40.6 Å². The molecule has 33 heavy (non-hydrogen) atoms. The van der Waals surface area contributed by atoms with E-state index in [0.717, 1.165) is 50.8 Å². The summed E-state index contributed by atoms with van der Waals surface area (Å²) in [6, 6.07) is 8.42. The molecule has 0 aromatic heterocycles. The molecule has 0 fully saturated rings. The number of benzene rings is 2. The Kier molecular flexibility index (Phi) is 16.2. The fraction of sp³-hybridized carbons (Fsp3) is 0.500. The average molecular weight is 631 g/mol. The molecule has 0 aliphatic heterocycles. The van der Waals surface area contributed by atoms with Crippen LogP contribution in [0.3, 0.4) is 0 Å². The summed E-state index contributed by atoms with van der Waals surface area (Å²) in [5.41, 5.74) is 6.06. The summed E-state index contributed by atoms with van der Waals surface area (Å²) in [5.74, 6) is 2.71. The van der Waals surface area contributed by atoms with E-state index in [1.165, 1.54) is 0 Å². The van der Waals surface area contributed by atoms with Gasteiger partial charge in [-0.25, -0.2) is 0 Å². The summed E-state index contributed by atoms with van der Waals surface area (Å²) in [6.45, 7) is 7.91. The van der Waals surface area contributed by atoms with Crippen molar-refractivity contribution in [3.8, 4) is 11.5 Å². The SMILES string of the molecule is CC.COCc1cc([C-](C)c2cc(COC)c(OC)c(COC)c2)cc(COC)c1OC.[W]. The summed E-state index contributed by atoms with van der Waals surface area (Å²) < 4.78 is 32.9. The molecule has 2 rings (SSSR count). The number of rotatable bonds is 12. The monoisotopic (exact) mass is 631 g/mol. The molecular formula is C26H39O6W-. The molecule has 0 spiro atoms. The molecule has 0 atom stereocenters. The Morgan fingerprint density at radius 3 is 0.970 bits per heavy atom. The standard InChI is InChI=1S/C24H33O6.C2H6.W/c1-16(17-8-19(12-25-2)23(29-6)20(9-17)13-26-3)18-10-21(14-27-4)24(30-7)22(11-18)15-28-5;1-2;/h8-11H,12-15H2,1-7H3;1-2H3;/q-1;;. The normalized spacial score (nSPS) is 10.1. The summed E-state index contributed by atoms with van der Waals surface area (Å²) >= 11 is 0. The zero-order valence-corrected chi connectivity index (χ0v) is 24.4. The van der Waals surface area contributed by atoms with Crippen molar-refractivity contribution in [2.75, 3.05) is 42.7 Å². The van der Waals surface area contributed by atoms with Gasteiger partial charge in [-0.3, -0.25) is 0 Å². The van der Waals surface area contributed by atoms with E-state index < -0.39 is 0 Å². The smallest absolute Gasteiger partial charge is 0.115 e. The van der Waals surface area contributed by atoms with Crippen molar-refractivity contribution >= 4 is 0 Å². The van der Waals surface area contributed by atoms with Crippen LogP contribution in [0.2, 0.25) is 0 Å². The van der Waals surface area contributed by atoms with Gasteiger partial charge >= 0.3 is 0 Å². The number of ether oxygens (including phenoxy) is 6. The molecule has 0 amide bonds. The molecule has 0 radical (unpaired) electrons. The molecule has 7 heteroatoms. The van der Waals surface area contributed by atoms with Crippen molar-refractivity contribution in [1.29, 1.82) is 0 Å². The Morgan fingerprint density at radius 2 is 0.788 bits per heavy atom. The van der Waals surface area contributed by atoms with Gasteiger partial charge < -0.3 is 28.4 Å². The first-order valence-electron chi connectivity index (χ1n) is 10.7. The Labute approximate surface area is 214 Å².